The lowest BCUT2D eigenvalue weighted by molar-refractivity contribution is 0.742. The lowest BCUT2D eigenvalue weighted by Crippen LogP contribution is -2.15. The van der Waals surface area contributed by atoms with Crippen LogP contribution in [-0.2, 0) is 0 Å². The van der Waals surface area contributed by atoms with E-state index in [-0.39, 0.29) is 0 Å². The summed E-state index contributed by atoms with van der Waals surface area (Å²) in [6, 6.07) is 0. The minimum absolute atomic E-state index is 0.556. The molecule has 0 aliphatic heterocycles. The third-order valence-electron chi connectivity index (χ3n) is 0.630. The van der Waals surface area contributed by atoms with E-state index in [4.69, 9.17) is 5.53 Å². The van der Waals surface area contributed by atoms with Gasteiger partial charge in [0, 0.05) is 0 Å². The molecule has 0 rings (SSSR count). The summed E-state index contributed by atoms with van der Waals surface area (Å²) in [5.74, 6) is 0. The van der Waals surface area contributed by atoms with Crippen LogP contribution in [0.15, 0.2) is 17.8 Å². The Hall–Kier alpha value is -0.443. The van der Waals surface area contributed by atoms with Crippen LogP contribution < -0.4 is 0 Å². The Morgan fingerprint density at radius 1 is 2.00 bits per heavy atom. The predicted molar refractivity (Wildman–Crippen MR) is 29.5 cm³/mol. The van der Waals surface area contributed by atoms with E-state index in [1.54, 1.807) is 13.0 Å². The summed E-state index contributed by atoms with van der Waals surface area (Å²) < 4.78 is 0. The Labute approximate surface area is 46.6 Å². The van der Waals surface area contributed by atoms with Gasteiger partial charge in [-0.25, -0.2) is 5.53 Å². The molecule has 0 aliphatic carbocycles. The van der Waals surface area contributed by atoms with Crippen LogP contribution in [0.1, 0.15) is 6.92 Å². The van der Waals surface area contributed by atoms with Gasteiger partial charge in [0.1, 0.15) is 0 Å². The maximum atomic E-state index is 6.51. The van der Waals surface area contributed by atoms with Crippen LogP contribution in [-0.4, -0.2) is 15.4 Å². The first kappa shape index (κ1) is 6.56. The van der Waals surface area contributed by atoms with Gasteiger partial charge in [0.15, 0.2) is 0 Å². The van der Waals surface area contributed by atoms with Gasteiger partial charge in [-0.1, -0.05) is 6.08 Å². The van der Waals surface area contributed by atoms with Gasteiger partial charge in [-0.05, 0) is 6.92 Å². The lowest BCUT2D eigenvalue weighted by Gasteiger charge is -2.07. The fourth-order valence-corrected chi connectivity index (χ4v) is 0.0456. The average Bonchev–Trinajstić information content (AvgIpc) is 1.68. The largest absolute Gasteiger partial charge is 0.209 e. The molecule has 0 amide bonds. The van der Waals surface area contributed by atoms with Crippen molar-refractivity contribution in [3.05, 3.63) is 12.7 Å². The molecule has 2 nitrogen and oxygen atoms in total. The second kappa shape index (κ2) is 2.02. The number of hydrogen-bond acceptors (Lipinski definition) is 2. The van der Waals surface area contributed by atoms with Crippen LogP contribution >= 0.6 is 0 Å². The summed E-state index contributed by atoms with van der Waals surface area (Å²) in [5.41, 5.74) is 6.51. The zero-order chi connectivity index (χ0) is 5.91. The Morgan fingerprint density at radius 2 is 2.43 bits per heavy atom. The van der Waals surface area contributed by atoms with Crippen LogP contribution in [0.3, 0.4) is 0 Å². The van der Waals surface area contributed by atoms with Gasteiger partial charge < -0.3 is 0 Å². The molecule has 0 aromatic rings. The molecule has 0 bridgehead atoms. The summed E-state index contributed by atoms with van der Waals surface area (Å²) in [6.07, 6.45) is 1.55. The minimum Gasteiger partial charge on any atom is -0.209 e. The smallest absolute Gasteiger partial charge is 0.0786 e. The van der Waals surface area contributed by atoms with Crippen molar-refractivity contribution in [3.63, 3.8) is 0 Å². The quantitative estimate of drug-likeness (QED) is 0.314. The standard InChI is InChI=1S/C4H7N2Si/c1-3-4(2,7)6-5/h3,5H,1H2,2H3. The van der Waals surface area contributed by atoms with Gasteiger partial charge in [-0.2, -0.15) is 5.11 Å². The van der Waals surface area contributed by atoms with Gasteiger partial charge in [-0.15, -0.1) is 6.58 Å². The fraction of sp³-hybridized carbons (Fsp3) is 0.500. The first-order chi connectivity index (χ1) is 3.12. The maximum absolute atomic E-state index is 6.51. The summed E-state index contributed by atoms with van der Waals surface area (Å²) >= 11 is 0. The Kier molecular flexibility index (Phi) is 1.89. The highest BCUT2D eigenvalue weighted by Gasteiger charge is 2.07. The zero-order valence-electron chi connectivity index (χ0n) is 4.23. The zero-order valence-corrected chi connectivity index (χ0v) is 5.23. The SMILES string of the molecule is C=CC(C)([Si])N=N. The van der Waals surface area contributed by atoms with Crippen LogP contribution in [0.4, 0.5) is 0 Å². The van der Waals surface area contributed by atoms with Gasteiger partial charge >= 0.3 is 0 Å². The number of rotatable bonds is 2. The van der Waals surface area contributed by atoms with E-state index in [1.807, 2.05) is 0 Å². The van der Waals surface area contributed by atoms with E-state index in [0.717, 1.165) is 0 Å². The molecule has 0 saturated heterocycles. The monoisotopic (exact) mass is 111 g/mol. The van der Waals surface area contributed by atoms with Crippen molar-refractivity contribution in [2.75, 3.05) is 0 Å². The van der Waals surface area contributed by atoms with E-state index in [9.17, 15) is 0 Å². The second-order valence-corrected chi connectivity index (χ2v) is 2.48. The van der Waals surface area contributed by atoms with E-state index in [0.29, 0.717) is 0 Å². The molecule has 1 N–H and O–H groups in total. The molecule has 0 aromatic carbocycles. The van der Waals surface area contributed by atoms with E-state index in [2.05, 4.69) is 21.9 Å². The van der Waals surface area contributed by atoms with Crippen molar-refractivity contribution in [1.82, 2.24) is 0 Å². The van der Waals surface area contributed by atoms with Gasteiger partial charge in [0.05, 0.1) is 15.4 Å². The molecule has 0 aromatic heterocycles. The molecular weight excluding hydrogens is 104 g/mol. The van der Waals surface area contributed by atoms with Gasteiger partial charge in [-0.3, -0.25) is 0 Å². The predicted octanol–water partition coefficient (Wildman–Crippen LogP) is 1.09. The topological polar surface area (TPSA) is 36.2 Å². The van der Waals surface area contributed by atoms with E-state index < -0.39 is 5.16 Å². The molecule has 1 unspecified atom stereocenters. The Balaban J connectivity index is 3.82. The third-order valence-corrected chi connectivity index (χ3v) is 0.946. The van der Waals surface area contributed by atoms with Crippen LogP contribution in [0, 0.1) is 5.53 Å². The van der Waals surface area contributed by atoms with Crippen molar-refractivity contribution < 1.29 is 0 Å². The number of nitrogens with one attached hydrogen (secondary N) is 1. The molecule has 0 aliphatic rings. The summed E-state index contributed by atoms with van der Waals surface area (Å²) in [4.78, 5) is 0. The lowest BCUT2D eigenvalue weighted by atomic mass is 10.3. The Bertz CT molecular complexity index is 77.7. The van der Waals surface area contributed by atoms with Crippen LogP contribution in [0.5, 0.6) is 0 Å². The number of nitrogens with zero attached hydrogens (tertiary/aromatic N) is 1. The normalized spacial score (nSPS) is 17.4. The molecule has 0 saturated carbocycles. The number of hydrogen-bond donors (Lipinski definition) is 1. The van der Waals surface area contributed by atoms with Gasteiger partial charge in [0.25, 0.3) is 0 Å². The molecule has 7 heavy (non-hydrogen) atoms. The minimum atomic E-state index is -0.556. The molecule has 0 heterocycles. The van der Waals surface area contributed by atoms with Gasteiger partial charge in [0.2, 0.25) is 0 Å². The molecule has 3 radical (unpaired) electrons. The van der Waals surface area contributed by atoms with Crippen LogP contribution in [0.25, 0.3) is 0 Å². The third kappa shape index (κ3) is 2.28. The van der Waals surface area contributed by atoms with Crippen LogP contribution in [0.2, 0.25) is 0 Å². The molecular formula is C4H7N2Si. The molecule has 3 heteroatoms. The highest BCUT2D eigenvalue weighted by atomic mass is 28.1. The first-order valence-corrected chi connectivity index (χ1v) is 2.39. The van der Waals surface area contributed by atoms with Crippen molar-refractivity contribution in [2.24, 2.45) is 5.11 Å². The summed E-state index contributed by atoms with van der Waals surface area (Å²) in [6.45, 7) is 5.18. The average molecular weight is 111 g/mol. The highest BCUT2D eigenvalue weighted by molar-refractivity contribution is 6.16. The first-order valence-electron chi connectivity index (χ1n) is 1.89. The fourth-order valence-electron chi connectivity index (χ4n) is 0.0456. The van der Waals surface area contributed by atoms with Crippen molar-refractivity contribution in [3.8, 4) is 0 Å². The van der Waals surface area contributed by atoms with Crippen molar-refractivity contribution in [1.29, 1.82) is 5.53 Å². The molecule has 0 spiro atoms. The van der Waals surface area contributed by atoms with Crippen molar-refractivity contribution in [2.45, 2.75) is 12.1 Å². The second-order valence-electron chi connectivity index (χ2n) is 1.46. The molecule has 37 valence electrons. The molecule has 0 fully saturated rings. The summed E-state index contributed by atoms with van der Waals surface area (Å²) in [5, 5.41) is 2.63. The van der Waals surface area contributed by atoms with E-state index in [1.165, 1.54) is 0 Å². The van der Waals surface area contributed by atoms with Crippen molar-refractivity contribution >= 4 is 10.2 Å². The molecule has 1 atom stereocenters. The van der Waals surface area contributed by atoms with E-state index >= 15 is 0 Å². The Morgan fingerprint density at radius 3 is 2.43 bits per heavy atom. The maximum Gasteiger partial charge on any atom is 0.0786 e. The highest BCUT2D eigenvalue weighted by Crippen LogP contribution is 2.02. The summed E-state index contributed by atoms with van der Waals surface area (Å²) in [7, 11) is 3.16.